The number of anilines is 1. The minimum atomic E-state index is 0.603. The summed E-state index contributed by atoms with van der Waals surface area (Å²) in [7, 11) is 1.90. The first-order chi connectivity index (χ1) is 6.24. The van der Waals surface area contributed by atoms with E-state index in [4.69, 9.17) is 17.3 Å². The topological polar surface area (TPSA) is 38.0 Å². The molecule has 0 unspecified atom stereocenters. The van der Waals surface area contributed by atoms with Gasteiger partial charge >= 0.3 is 0 Å². The van der Waals surface area contributed by atoms with E-state index in [2.05, 4.69) is 5.32 Å². The van der Waals surface area contributed by atoms with Crippen LogP contribution in [-0.2, 0) is 0 Å². The summed E-state index contributed by atoms with van der Waals surface area (Å²) in [4.78, 5) is 0. The zero-order chi connectivity index (χ0) is 9.68. The quantitative estimate of drug-likeness (QED) is 0.728. The molecule has 1 rings (SSSR count). The first-order valence-electron chi connectivity index (χ1n) is 4.10. The van der Waals surface area contributed by atoms with Crippen LogP contribution in [0.15, 0.2) is 24.3 Å². The van der Waals surface area contributed by atoms with Crippen molar-refractivity contribution in [2.24, 2.45) is 0 Å². The third-order valence-electron chi connectivity index (χ3n) is 1.66. The van der Waals surface area contributed by atoms with Crippen molar-refractivity contribution in [2.45, 2.75) is 0 Å². The number of hydrogen-bond donors (Lipinski definition) is 2. The Labute approximate surface area is 83.4 Å². The molecule has 3 heteroatoms. The SMILES string of the molecule is CNCC=Cc1ccc(N)c(Cl)c1. The number of nitrogen functional groups attached to an aromatic ring is 1. The molecule has 0 amide bonds. The summed E-state index contributed by atoms with van der Waals surface area (Å²) in [5, 5.41) is 3.62. The molecule has 0 heterocycles. The highest BCUT2D eigenvalue weighted by atomic mass is 35.5. The number of nitrogens with two attached hydrogens (primary N) is 1. The lowest BCUT2D eigenvalue weighted by molar-refractivity contribution is 0.922. The van der Waals surface area contributed by atoms with Crippen molar-refractivity contribution in [1.82, 2.24) is 5.32 Å². The Morgan fingerprint density at radius 3 is 2.92 bits per heavy atom. The summed E-state index contributed by atoms with van der Waals surface area (Å²) in [5.41, 5.74) is 7.26. The van der Waals surface area contributed by atoms with Gasteiger partial charge in [-0.1, -0.05) is 29.8 Å². The smallest absolute Gasteiger partial charge is 0.0641 e. The minimum Gasteiger partial charge on any atom is -0.398 e. The Balaban J connectivity index is 2.73. The Kier molecular flexibility index (Phi) is 3.80. The Morgan fingerprint density at radius 1 is 1.54 bits per heavy atom. The highest BCUT2D eigenvalue weighted by Gasteiger charge is 1.94. The molecule has 0 atom stereocenters. The maximum Gasteiger partial charge on any atom is 0.0641 e. The number of nitrogens with one attached hydrogen (secondary N) is 1. The molecule has 0 aliphatic rings. The van der Waals surface area contributed by atoms with Gasteiger partial charge in [-0.05, 0) is 24.7 Å². The van der Waals surface area contributed by atoms with Crippen LogP contribution in [0.1, 0.15) is 5.56 Å². The van der Waals surface area contributed by atoms with Crippen molar-refractivity contribution >= 4 is 23.4 Å². The van der Waals surface area contributed by atoms with E-state index in [9.17, 15) is 0 Å². The Morgan fingerprint density at radius 2 is 2.31 bits per heavy atom. The van der Waals surface area contributed by atoms with Gasteiger partial charge < -0.3 is 11.1 Å². The van der Waals surface area contributed by atoms with Crippen molar-refractivity contribution in [3.05, 3.63) is 34.9 Å². The highest BCUT2D eigenvalue weighted by Crippen LogP contribution is 2.20. The Bertz CT molecular complexity index is 308. The lowest BCUT2D eigenvalue weighted by Crippen LogP contribution is -2.03. The molecule has 0 fully saturated rings. The second-order valence-corrected chi connectivity index (χ2v) is 3.15. The largest absolute Gasteiger partial charge is 0.398 e. The summed E-state index contributed by atoms with van der Waals surface area (Å²) in [6.07, 6.45) is 4.03. The normalized spacial score (nSPS) is 10.9. The molecule has 1 aromatic rings. The van der Waals surface area contributed by atoms with Gasteiger partial charge in [0.2, 0.25) is 0 Å². The van der Waals surface area contributed by atoms with Crippen molar-refractivity contribution in [2.75, 3.05) is 19.3 Å². The first-order valence-corrected chi connectivity index (χ1v) is 4.48. The molecule has 0 spiro atoms. The fourth-order valence-electron chi connectivity index (χ4n) is 0.960. The number of hydrogen-bond acceptors (Lipinski definition) is 2. The monoisotopic (exact) mass is 196 g/mol. The second kappa shape index (κ2) is 4.90. The fourth-order valence-corrected chi connectivity index (χ4v) is 1.15. The van der Waals surface area contributed by atoms with Crippen LogP contribution >= 0.6 is 11.6 Å². The van der Waals surface area contributed by atoms with Crippen LogP contribution in [-0.4, -0.2) is 13.6 Å². The summed E-state index contributed by atoms with van der Waals surface area (Å²) >= 11 is 5.85. The maximum atomic E-state index is 5.85. The van der Waals surface area contributed by atoms with Crippen LogP contribution in [0.4, 0.5) is 5.69 Å². The van der Waals surface area contributed by atoms with Crippen LogP contribution in [0, 0.1) is 0 Å². The van der Waals surface area contributed by atoms with E-state index < -0.39 is 0 Å². The molecule has 0 aliphatic heterocycles. The summed E-state index contributed by atoms with van der Waals surface area (Å²) in [6, 6.07) is 5.60. The van der Waals surface area contributed by atoms with E-state index in [-0.39, 0.29) is 0 Å². The number of rotatable bonds is 3. The van der Waals surface area contributed by atoms with Gasteiger partial charge in [0.15, 0.2) is 0 Å². The highest BCUT2D eigenvalue weighted by molar-refractivity contribution is 6.33. The van der Waals surface area contributed by atoms with E-state index in [0.717, 1.165) is 12.1 Å². The molecule has 0 radical (unpaired) electrons. The summed E-state index contributed by atoms with van der Waals surface area (Å²) < 4.78 is 0. The zero-order valence-electron chi connectivity index (χ0n) is 7.55. The van der Waals surface area contributed by atoms with Crippen molar-refractivity contribution in [3.63, 3.8) is 0 Å². The van der Waals surface area contributed by atoms with Crippen molar-refractivity contribution < 1.29 is 0 Å². The zero-order valence-corrected chi connectivity index (χ0v) is 8.31. The van der Waals surface area contributed by atoms with Gasteiger partial charge in [0.25, 0.3) is 0 Å². The van der Waals surface area contributed by atoms with Gasteiger partial charge in [-0.2, -0.15) is 0 Å². The molecule has 3 N–H and O–H groups in total. The van der Waals surface area contributed by atoms with Crippen LogP contribution in [0.2, 0.25) is 5.02 Å². The lowest BCUT2D eigenvalue weighted by atomic mass is 10.2. The second-order valence-electron chi connectivity index (χ2n) is 2.74. The number of benzene rings is 1. The van der Waals surface area contributed by atoms with Crippen LogP contribution < -0.4 is 11.1 Å². The first kappa shape index (κ1) is 10.1. The van der Waals surface area contributed by atoms with E-state index in [1.165, 1.54) is 0 Å². The van der Waals surface area contributed by atoms with Crippen LogP contribution in [0.5, 0.6) is 0 Å². The van der Waals surface area contributed by atoms with Crippen molar-refractivity contribution in [3.8, 4) is 0 Å². The average Bonchev–Trinajstić information content (AvgIpc) is 2.12. The van der Waals surface area contributed by atoms with Crippen LogP contribution in [0.3, 0.4) is 0 Å². The maximum absolute atomic E-state index is 5.85. The number of halogens is 1. The van der Waals surface area contributed by atoms with E-state index in [1.807, 2.05) is 31.3 Å². The standard InChI is InChI=1S/C10H13ClN2/c1-13-6-2-3-8-4-5-10(12)9(11)7-8/h2-5,7,13H,6,12H2,1H3. The molecule has 0 saturated carbocycles. The molecule has 13 heavy (non-hydrogen) atoms. The van der Waals surface area contributed by atoms with Gasteiger partial charge in [-0.3, -0.25) is 0 Å². The van der Waals surface area contributed by atoms with E-state index in [0.29, 0.717) is 10.7 Å². The predicted octanol–water partition coefficient (Wildman–Crippen LogP) is 2.15. The van der Waals surface area contributed by atoms with E-state index >= 15 is 0 Å². The molecule has 0 saturated heterocycles. The van der Waals surface area contributed by atoms with E-state index in [1.54, 1.807) is 6.07 Å². The average molecular weight is 197 g/mol. The molecule has 2 nitrogen and oxygen atoms in total. The Hall–Kier alpha value is -0.990. The molecule has 0 bridgehead atoms. The van der Waals surface area contributed by atoms with Gasteiger partial charge in [0, 0.05) is 6.54 Å². The van der Waals surface area contributed by atoms with Crippen molar-refractivity contribution in [1.29, 1.82) is 0 Å². The molecule has 0 aliphatic carbocycles. The third kappa shape index (κ3) is 3.09. The summed E-state index contributed by atoms with van der Waals surface area (Å²) in [6.45, 7) is 0.849. The van der Waals surface area contributed by atoms with Crippen LogP contribution in [0.25, 0.3) is 6.08 Å². The van der Waals surface area contributed by atoms with Gasteiger partial charge in [-0.25, -0.2) is 0 Å². The molecule has 1 aromatic carbocycles. The van der Waals surface area contributed by atoms with Gasteiger partial charge in [-0.15, -0.1) is 0 Å². The predicted molar refractivity (Wildman–Crippen MR) is 58.8 cm³/mol. The third-order valence-corrected chi connectivity index (χ3v) is 1.98. The minimum absolute atomic E-state index is 0.603. The van der Waals surface area contributed by atoms with Gasteiger partial charge in [0.1, 0.15) is 0 Å². The lowest BCUT2D eigenvalue weighted by Gasteiger charge is -1.98. The fraction of sp³-hybridized carbons (Fsp3) is 0.200. The molecular formula is C10H13ClN2. The molecule has 70 valence electrons. The number of likely N-dealkylation sites (N-methyl/N-ethyl adjacent to an activating group) is 1. The molecular weight excluding hydrogens is 184 g/mol. The summed E-state index contributed by atoms with van der Waals surface area (Å²) in [5.74, 6) is 0. The van der Waals surface area contributed by atoms with Gasteiger partial charge in [0.05, 0.1) is 10.7 Å². The molecule has 0 aromatic heterocycles.